The molecule has 10 heteroatoms. The maximum atomic E-state index is 11.4. The third-order valence-corrected chi connectivity index (χ3v) is 3.36. The second kappa shape index (κ2) is 17.6. The van der Waals surface area contributed by atoms with Crippen LogP contribution in [0, 0.1) is 0 Å². The number of carbonyl (C=O) groups is 4. The summed E-state index contributed by atoms with van der Waals surface area (Å²) < 4.78 is 26.6. The average Bonchev–Trinajstić information content (AvgIpc) is 2.68. The lowest BCUT2D eigenvalue weighted by Gasteiger charge is -2.05. The first-order chi connectivity index (χ1) is 13.5. The smallest absolute Gasteiger partial charge is 0.438 e. The van der Waals surface area contributed by atoms with Gasteiger partial charge in [0.25, 0.3) is 0 Å². The van der Waals surface area contributed by atoms with Crippen molar-refractivity contribution < 1.29 is 47.6 Å². The van der Waals surface area contributed by atoms with E-state index in [9.17, 15) is 19.2 Å². The normalized spacial score (nSPS) is 10.2. The van der Waals surface area contributed by atoms with Gasteiger partial charge in [-0.15, -0.1) is 0 Å². The molecule has 0 aromatic rings. The molecule has 0 unspecified atom stereocenters. The lowest BCUT2D eigenvalue weighted by atomic mass is 10.1. The summed E-state index contributed by atoms with van der Waals surface area (Å²) in [5, 5.41) is 0. The summed E-state index contributed by atoms with van der Waals surface area (Å²) in [6.07, 6.45) is 7.73. The van der Waals surface area contributed by atoms with Gasteiger partial charge < -0.3 is 28.4 Å². The van der Waals surface area contributed by atoms with E-state index in [2.05, 4.69) is 23.7 Å². The van der Waals surface area contributed by atoms with Crippen molar-refractivity contribution in [3.05, 3.63) is 12.2 Å². The molecule has 0 amide bonds. The molecular formula is C18H28O10. The summed E-state index contributed by atoms with van der Waals surface area (Å²) in [5.41, 5.74) is 0. The zero-order chi connectivity index (χ0) is 21.0. The molecule has 0 aromatic heterocycles. The number of methoxy groups -OCH3 is 2. The molecule has 0 N–H and O–H groups in total. The molecule has 0 heterocycles. The molecular weight excluding hydrogens is 376 g/mol. The van der Waals surface area contributed by atoms with Gasteiger partial charge in [-0.3, -0.25) is 4.79 Å². The van der Waals surface area contributed by atoms with E-state index in [-0.39, 0.29) is 6.42 Å². The lowest BCUT2D eigenvalue weighted by Crippen LogP contribution is -2.12. The fourth-order valence-electron chi connectivity index (χ4n) is 1.94. The molecule has 0 radical (unpaired) electrons. The van der Waals surface area contributed by atoms with Gasteiger partial charge in [0.2, 0.25) is 13.6 Å². The van der Waals surface area contributed by atoms with Crippen LogP contribution in [0.1, 0.15) is 51.4 Å². The summed E-state index contributed by atoms with van der Waals surface area (Å²) in [6.45, 7) is -0.924. The highest BCUT2D eigenvalue weighted by molar-refractivity contribution is 5.81. The Morgan fingerprint density at radius 1 is 0.679 bits per heavy atom. The predicted octanol–water partition coefficient (Wildman–Crippen LogP) is 3.23. The average molecular weight is 404 g/mol. The van der Waals surface area contributed by atoms with Crippen molar-refractivity contribution in [1.29, 1.82) is 0 Å². The van der Waals surface area contributed by atoms with Crippen LogP contribution >= 0.6 is 0 Å². The van der Waals surface area contributed by atoms with E-state index in [0.29, 0.717) is 6.42 Å². The second-order valence-electron chi connectivity index (χ2n) is 5.47. The summed E-state index contributed by atoms with van der Waals surface area (Å²) in [6, 6.07) is 0. The first kappa shape index (κ1) is 25.2. The number of esters is 2. The quantitative estimate of drug-likeness (QED) is 0.140. The lowest BCUT2D eigenvalue weighted by molar-refractivity contribution is -0.153. The van der Waals surface area contributed by atoms with Gasteiger partial charge in [0.15, 0.2) is 0 Å². The Kier molecular flexibility index (Phi) is 15.9. The van der Waals surface area contributed by atoms with Crippen molar-refractivity contribution in [3.8, 4) is 0 Å². The van der Waals surface area contributed by atoms with Gasteiger partial charge in [-0.2, -0.15) is 0 Å². The van der Waals surface area contributed by atoms with Gasteiger partial charge in [-0.05, 0) is 19.3 Å². The van der Waals surface area contributed by atoms with Crippen molar-refractivity contribution in [2.24, 2.45) is 0 Å². The molecule has 160 valence electrons. The summed E-state index contributed by atoms with van der Waals surface area (Å²) in [4.78, 5) is 43.9. The summed E-state index contributed by atoms with van der Waals surface area (Å²) >= 11 is 0. The number of rotatable bonds is 14. The predicted molar refractivity (Wildman–Crippen MR) is 95.0 cm³/mol. The highest BCUT2D eigenvalue weighted by Crippen LogP contribution is 2.09. The molecule has 0 fully saturated rings. The number of hydrogen-bond donors (Lipinski definition) is 0. The minimum atomic E-state index is -0.916. The molecule has 0 atom stereocenters. The highest BCUT2D eigenvalue weighted by Gasteiger charge is 2.05. The minimum Gasteiger partial charge on any atom is -0.438 e. The summed E-state index contributed by atoms with van der Waals surface area (Å²) in [5.74, 6) is -1.01. The first-order valence-corrected chi connectivity index (χ1v) is 8.90. The van der Waals surface area contributed by atoms with Crippen LogP contribution in [0.3, 0.4) is 0 Å². The van der Waals surface area contributed by atoms with Crippen LogP contribution in [0.2, 0.25) is 0 Å². The van der Waals surface area contributed by atoms with Crippen LogP contribution in [-0.2, 0) is 38.0 Å². The van der Waals surface area contributed by atoms with E-state index in [4.69, 9.17) is 4.74 Å². The third kappa shape index (κ3) is 16.7. The van der Waals surface area contributed by atoms with Crippen molar-refractivity contribution in [2.75, 3.05) is 27.8 Å². The van der Waals surface area contributed by atoms with Gasteiger partial charge in [-0.25, -0.2) is 14.4 Å². The number of unbranched alkanes of at least 4 members (excludes halogenated alkanes) is 6. The van der Waals surface area contributed by atoms with E-state index < -0.39 is 37.8 Å². The Morgan fingerprint density at radius 3 is 1.82 bits per heavy atom. The Hall–Kier alpha value is -2.78. The van der Waals surface area contributed by atoms with Gasteiger partial charge >= 0.3 is 24.2 Å². The third-order valence-electron chi connectivity index (χ3n) is 3.36. The van der Waals surface area contributed by atoms with E-state index in [1.807, 2.05) is 0 Å². The van der Waals surface area contributed by atoms with Crippen molar-refractivity contribution in [1.82, 2.24) is 0 Å². The molecule has 10 nitrogen and oxygen atoms in total. The molecule has 0 bridgehead atoms. The van der Waals surface area contributed by atoms with Crippen LogP contribution < -0.4 is 0 Å². The molecule has 0 spiro atoms. The van der Waals surface area contributed by atoms with E-state index >= 15 is 0 Å². The van der Waals surface area contributed by atoms with Crippen LogP contribution in [0.5, 0.6) is 0 Å². The zero-order valence-electron chi connectivity index (χ0n) is 16.3. The number of hydrogen-bond acceptors (Lipinski definition) is 10. The number of ether oxygens (including phenoxy) is 6. The standard InChI is InChI=1S/C18H28O10/c1-23-17(21)27-13-25-15(19)11-9-7-5-3-4-6-8-10-12-16(20)26-14-28-18(22)24-2/h9,11H,3-8,10,12-14H2,1-2H3. The SMILES string of the molecule is COC(=O)OCOC(=O)C=CCCCCCCCCC(=O)OCOC(=O)OC. The zero-order valence-corrected chi connectivity index (χ0v) is 16.3. The Balaban J connectivity index is 3.43. The molecule has 28 heavy (non-hydrogen) atoms. The molecule has 0 aromatic carbocycles. The monoisotopic (exact) mass is 404 g/mol. The number of carbonyl (C=O) groups excluding carboxylic acids is 4. The van der Waals surface area contributed by atoms with Crippen molar-refractivity contribution in [3.63, 3.8) is 0 Å². The van der Waals surface area contributed by atoms with E-state index in [0.717, 1.165) is 45.6 Å². The second-order valence-corrected chi connectivity index (χ2v) is 5.47. The van der Waals surface area contributed by atoms with E-state index in [1.54, 1.807) is 6.08 Å². The first-order valence-electron chi connectivity index (χ1n) is 8.90. The van der Waals surface area contributed by atoms with Crippen LogP contribution in [-0.4, -0.2) is 52.1 Å². The van der Waals surface area contributed by atoms with Gasteiger partial charge in [-0.1, -0.05) is 31.8 Å². The maximum Gasteiger partial charge on any atom is 0.510 e. The molecule has 0 aliphatic heterocycles. The Bertz CT molecular complexity index is 501. The van der Waals surface area contributed by atoms with Gasteiger partial charge in [0.1, 0.15) is 0 Å². The van der Waals surface area contributed by atoms with E-state index in [1.165, 1.54) is 13.2 Å². The summed E-state index contributed by atoms with van der Waals surface area (Å²) in [7, 11) is 2.32. The Labute approximate surface area is 164 Å². The van der Waals surface area contributed by atoms with Crippen LogP contribution in [0.15, 0.2) is 12.2 Å². The number of allylic oxidation sites excluding steroid dienone is 1. The van der Waals surface area contributed by atoms with Gasteiger partial charge in [0, 0.05) is 12.5 Å². The molecule has 0 saturated carbocycles. The van der Waals surface area contributed by atoms with Crippen LogP contribution in [0.25, 0.3) is 0 Å². The highest BCUT2D eigenvalue weighted by atomic mass is 16.8. The minimum absolute atomic E-state index is 0.273. The molecule has 0 aliphatic carbocycles. The van der Waals surface area contributed by atoms with Crippen molar-refractivity contribution >= 4 is 24.2 Å². The largest absolute Gasteiger partial charge is 0.510 e. The Morgan fingerprint density at radius 2 is 1.21 bits per heavy atom. The van der Waals surface area contributed by atoms with Crippen LogP contribution in [0.4, 0.5) is 9.59 Å². The molecule has 0 rings (SSSR count). The van der Waals surface area contributed by atoms with Gasteiger partial charge in [0.05, 0.1) is 14.2 Å². The molecule has 0 saturated heterocycles. The fraction of sp³-hybridized carbons (Fsp3) is 0.667. The topological polar surface area (TPSA) is 124 Å². The fourth-order valence-corrected chi connectivity index (χ4v) is 1.94. The maximum absolute atomic E-state index is 11.4. The molecule has 0 aliphatic rings. The van der Waals surface area contributed by atoms with Crippen molar-refractivity contribution in [2.45, 2.75) is 51.4 Å².